The first kappa shape index (κ1) is 27.6. The second-order valence-electron chi connectivity index (χ2n) is 12.2. The van der Waals surface area contributed by atoms with Gasteiger partial charge in [0.25, 0.3) is 5.91 Å². The van der Waals surface area contributed by atoms with Crippen molar-refractivity contribution < 1.29 is 19.1 Å². The average Bonchev–Trinajstić information content (AvgIpc) is 3.45. The Kier molecular flexibility index (Phi) is 7.28. The number of carbonyl (C=O) groups is 2. The number of amides is 1. The van der Waals surface area contributed by atoms with Crippen molar-refractivity contribution in [3.63, 3.8) is 0 Å². The van der Waals surface area contributed by atoms with Crippen LogP contribution in [0, 0.1) is 6.92 Å². The Hall–Kier alpha value is -3.96. The lowest BCUT2D eigenvalue weighted by Gasteiger charge is -2.42. The van der Waals surface area contributed by atoms with Crippen molar-refractivity contribution >= 4 is 11.7 Å². The van der Waals surface area contributed by atoms with Crippen molar-refractivity contribution in [3.05, 3.63) is 130 Å². The topological polar surface area (TPSA) is 79.5 Å². The summed E-state index contributed by atoms with van der Waals surface area (Å²) < 4.78 is 5.83. The van der Waals surface area contributed by atoms with Crippen molar-refractivity contribution in [1.29, 1.82) is 0 Å². The van der Waals surface area contributed by atoms with E-state index in [-0.39, 0.29) is 28.1 Å². The van der Waals surface area contributed by atoms with Crippen LogP contribution < -0.4 is 5.32 Å². The largest absolute Gasteiger partial charge is 0.447 e. The van der Waals surface area contributed by atoms with Crippen LogP contribution in [0.25, 0.3) is 0 Å². The molecular formula is C35H37NO4. The van der Waals surface area contributed by atoms with Crippen molar-refractivity contribution in [2.24, 2.45) is 0 Å². The van der Waals surface area contributed by atoms with Crippen molar-refractivity contribution in [2.75, 3.05) is 0 Å². The minimum absolute atomic E-state index is 0.0154. The Labute approximate surface area is 236 Å². The number of aryl methyl sites for hydroxylation is 1. The molecule has 5 nitrogen and oxygen atoms in total. The van der Waals surface area contributed by atoms with Gasteiger partial charge in [-0.2, -0.15) is 0 Å². The summed E-state index contributed by atoms with van der Waals surface area (Å²) >= 11 is 0. The van der Waals surface area contributed by atoms with Crippen molar-refractivity contribution in [3.8, 4) is 0 Å². The fourth-order valence-electron chi connectivity index (χ4n) is 5.74. The smallest absolute Gasteiger partial charge is 0.287 e. The average molecular weight is 536 g/mol. The summed E-state index contributed by atoms with van der Waals surface area (Å²) in [7, 11) is 0. The van der Waals surface area contributed by atoms with Crippen LogP contribution in [0.2, 0.25) is 0 Å². The van der Waals surface area contributed by atoms with Gasteiger partial charge in [-0.3, -0.25) is 9.59 Å². The third-order valence-corrected chi connectivity index (χ3v) is 8.40. The number of fused-ring (bicyclic) bond motifs is 1. The lowest BCUT2D eigenvalue weighted by atomic mass is 9.62. The molecule has 206 valence electrons. The normalized spacial score (nSPS) is 16.9. The second-order valence-corrected chi connectivity index (χ2v) is 12.2. The van der Waals surface area contributed by atoms with E-state index < -0.39 is 18.1 Å². The Morgan fingerprint density at radius 3 is 1.90 bits per heavy atom. The molecule has 3 aromatic carbocycles. The lowest BCUT2D eigenvalue weighted by molar-refractivity contribution is 0.0803. The number of ketones is 1. The van der Waals surface area contributed by atoms with E-state index in [2.05, 4.69) is 39.1 Å². The first-order valence-corrected chi connectivity index (χ1v) is 13.9. The molecule has 0 fully saturated rings. The maximum absolute atomic E-state index is 13.6. The maximum atomic E-state index is 13.6. The molecule has 4 aromatic rings. The van der Waals surface area contributed by atoms with Gasteiger partial charge >= 0.3 is 0 Å². The summed E-state index contributed by atoms with van der Waals surface area (Å²) in [5.41, 5.74) is 5.43. The van der Waals surface area contributed by atoms with Gasteiger partial charge in [0, 0.05) is 5.56 Å². The molecule has 0 radical (unpaired) electrons. The number of nitrogens with one attached hydrogen (secondary N) is 1. The highest BCUT2D eigenvalue weighted by Gasteiger charge is 2.38. The highest BCUT2D eigenvalue weighted by molar-refractivity contribution is 6.09. The summed E-state index contributed by atoms with van der Waals surface area (Å²) in [6, 6.07) is 25.0. The fourth-order valence-corrected chi connectivity index (χ4v) is 5.74. The molecule has 5 heteroatoms. The predicted octanol–water partition coefficient (Wildman–Crippen LogP) is 7.37. The summed E-state index contributed by atoms with van der Waals surface area (Å²) in [4.78, 5) is 27.0. The fraction of sp³-hybridized carbons (Fsp3) is 0.314. The Bertz CT molecular complexity index is 1530. The zero-order valence-electron chi connectivity index (χ0n) is 23.8. The zero-order chi connectivity index (χ0) is 28.7. The summed E-state index contributed by atoms with van der Waals surface area (Å²) in [6.45, 7) is 10.9. The number of aliphatic hydroxyl groups excluding tert-OH is 1. The third-order valence-electron chi connectivity index (χ3n) is 8.40. The van der Waals surface area contributed by atoms with Gasteiger partial charge in [-0.25, -0.2) is 0 Å². The lowest BCUT2D eigenvalue weighted by Crippen LogP contribution is -2.34. The molecule has 2 unspecified atom stereocenters. The number of carbonyl (C=O) groups excluding carboxylic acids is 2. The molecular weight excluding hydrogens is 498 g/mol. The van der Waals surface area contributed by atoms with E-state index in [1.54, 1.807) is 6.07 Å². The molecule has 0 bridgehead atoms. The Balaban J connectivity index is 1.42. The molecule has 0 aliphatic heterocycles. The first-order valence-electron chi connectivity index (χ1n) is 13.9. The van der Waals surface area contributed by atoms with Crippen LogP contribution >= 0.6 is 0 Å². The van der Waals surface area contributed by atoms with Crippen LogP contribution in [0.5, 0.6) is 0 Å². The Morgan fingerprint density at radius 2 is 1.30 bits per heavy atom. The van der Waals surface area contributed by atoms with Gasteiger partial charge < -0.3 is 14.8 Å². The molecule has 40 heavy (non-hydrogen) atoms. The minimum Gasteiger partial charge on any atom is -0.447 e. The molecule has 1 aromatic heterocycles. The van der Waals surface area contributed by atoms with Gasteiger partial charge in [-0.1, -0.05) is 94.4 Å². The van der Waals surface area contributed by atoms with E-state index >= 15 is 0 Å². The Morgan fingerprint density at radius 1 is 0.775 bits per heavy atom. The molecule has 2 atom stereocenters. The van der Waals surface area contributed by atoms with E-state index in [1.807, 2.05) is 73.7 Å². The standard InChI is InChI=1S/C35H37NO4/c1-22-20-26-27(35(4,5)19-18-34(26,2)3)21-25(22)32(38)28-16-17-29(40-28)33(39)36-30(23-12-8-6-9-13-23)31(37)24-14-10-7-11-15-24/h6-17,20-21,30-31,37H,18-19H2,1-5H3,(H,36,39). The predicted molar refractivity (Wildman–Crippen MR) is 157 cm³/mol. The van der Waals surface area contributed by atoms with Crippen LogP contribution in [-0.4, -0.2) is 16.8 Å². The highest BCUT2D eigenvalue weighted by atomic mass is 16.4. The number of aliphatic hydroxyl groups is 1. The minimum atomic E-state index is -0.977. The van der Waals surface area contributed by atoms with E-state index in [0.29, 0.717) is 11.1 Å². The van der Waals surface area contributed by atoms with Crippen LogP contribution in [0.3, 0.4) is 0 Å². The molecule has 1 heterocycles. The number of benzene rings is 3. The van der Waals surface area contributed by atoms with E-state index in [4.69, 9.17) is 4.42 Å². The molecule has 1 aliphatic carbocycles. The number of furan rings is 1. The van der Waals surface area contributed by atoms with Gasteiger partial charge in [0.05, 0.1) is 6.04 Å². The van der Waals surface area contributed by atoms with Gasteiger partial charge in [0.15, 0.2) is 11.5 Å². The summed E-state index contributed by atoms with van der Waals surface area (Å²) in [6.07, 6.45) is 1.17. The third kappa shape index (κ3) is 5.26. The molecule has 5 rings (SSSR count). The molecule has 0 saturated carbocycles. The van der Waals surface area contributed by atoms with E-state index in [0.717, 1.165) is 24.0 Å². The van der Waals surface area contributed by atoms with Crippen LogP contribution in [0.1, 0.15) is 107 Å². The van der Waals surface area contributed by atoms with Crippen LogP contribution in [0.4, 0.5) is 0 Å². The van der Waals surface area contributed by atoms with Crippen molar-refractivity contribution in [2.45, 2.75) is 70.4 Å². The van der Waals surface area contributed by atoms with Crippen LogP contribution in [-0.2, 0) is 10.8 Å². The first-order chi connectivity index (χ1) is 19.0. The summed E-state index contributed by atoms with van der Waals surface area (Å²) in [5.74, 6) is -0.627. The monoisotopic (exact) mass is 535 g/mol. The van der Waals surface area contributed by atoms with Crippen molar-refractivity contribution in [1.82, 2.24) is 5.32 Å². The van der Waals surface area contributed by atoms with Gasteiger partial charge in [0.1, 0.15) is 6.10 Å². The quantitative estimate of drug-likeness (QED) is 0.242. The molecule has 2 N–H and O–H groups in total. The molecule has 0 spiro atoms. The SMILES string of the molecule is Cc1cc2c(cc1C(=O)c1ccc(C(=O)NC(c3ccccc3)C(O)c3ccccc3)o1)C(C)(C)CCC2(C)C. The van der Waals surface area contributed by atoms with Gasteiger partial charge in [0.2, 0.25) is 5.78 Å². The second kappa shape index (κ2) is 10.5. The van der Waals surface area contributed by atoms with E-state index in [9.17, 15) is 14.7 Å². The molecule has 1 aliphatic rings. The summed E-state index contributed by atoms with van der Waals surface area (Å²) in [5, 5.41) is 14.1. The van der Waals surface area contributed by atoms with Gasteiger partial charge in [-0.05, 0) is 76.6 Å². The number of hydrogen-bond donors (Lipinski definition) is 2. The highest BCUT2D eigenvalue weighted by Crippen LogP contribution is 2.46. The van der Waals surface area contributed by atoms with E-state index in [1.165, 1.54) is 17.2 Å². The molecule has 0 saturated heterocycles. The van der Waals surface area contributed by atoms with Crippen LogP contribution in [0.15, 0.2) is 89.3 Å². The zero-order valence-corrected chi connectivity index (χ0v) is 23.8. The number of hydrogen-bond acceptors (Lipinski definition) is 4. The maximum Gasteiger partial charge on any atom is 0.287 e. The number of rotatable bonds is 7. The van der Waals surface area contributed by atoms with Gasteiger partial charge in [-0.15, -0.1) is 0 Å². The molecule has 1 amide bonds.